The number of hydrogen-bond donors (Lipinski definition) is 2. The molecule has 2 N–H and O–H groups in total. The summed E-state index contributed by atoms with van der Waals surface area (Å²) in [5, 5.41) is 17.9. The molecule has 0 saturated heterocycles. The maximum Gasteiger partial charge on any atom is 0.145 e. The molecular formula is C9H16O2. The lowest BCUT2D eigenvalue weighted by atomic mass is 9.96. The van der Waals surface area contributed by atoms with Gasteiger partial charge in [0.25, 0.3) is 0 Å². The Morgan fingerprint density at radius 2 is 1.55 bits per heavy atom. The van der Waals surface area contributed by atoms with Crippen molar-refractivity contribution < 1.29 is 10.2 Å². The SMILES string of the molecule is CC(C)(C)C#CC(C)(O)CO. The van der Waals surface area contributed by atoms with Crippen molar-refractivity contribution in [3.8, 4) is 11.8 Å². The third-order valence-corrected chi connectivity index (χ3v) is 1.01. The van der Waals surface area contributed by atoms with E-state index in [4.69, 9.17) is 5.11 Å². The number of hydrogen-bond acceptors (Lipinski definition) is 2. The molecule has 0 aromatic rings. The van der Waals surface area contributed by atoms with Crippen molar-refractivity contribution in [3.63, 3.8) is 0 Å². The highest BCUT2D eigenvalue weighted by molar-refractivity contribution is 5.16. The highest BCUT2D eigenvalue weighted by Crippen LogP contribution is 2.11. The summed E-state index contributed by atoms with van der Waals surface area (Å²) in [5.74, 6) is 5.46. The summed E-state index contributed by atoms with van der Waals surface area (Å²) in [6.45, 7) is 7.02. The van der Waals surface area contributed by atoms with Gasteiger partial charge in [0, 0.05) is 5.41 Å². The van der Waals surface area contributed by atoms with Crippen molar-refractivity contribution in [2.45, 2.75) is 33.3 Å². The molecule has 0 fully saturated rings. The van der Waals surface area contributed by atoms with Crippen LogP contribution in [0.15, 0.2) is 0 Å². The molecule has 0 rings (SSSR count). The van der Waals surface area contributed by atoms with Gasteiger partial charge in [-0.25, -0.2) is 0 Å². The third-order valence-electron chi connectivity index (χ3n) is 1.01. The second-order valence-corrected chi connectivity index (χ2v) is 3.93. The molecule has 0 amide bonds. The van der Waals surface area contributed by atoms with Crippen molar-refractivity contribution in [1.29, 1.82) is 0 Å². The number of rotatable bonds is 1. The molecule has 1 atom stereocenters. The molecule has 0 aliphatic heterocycles. The van der Waals surface area contributed by atoms with Crippen LogP contribution < -0.4 is 0 Å². The lowest BCUT2D eigenvalue weighted by Crippen LogP contribution is -2.26. The number of aliphatic hydroxyl groups excluding tert-OH is 1. The molecule has 0 saturated carbocycles. The van der Waals surface area contributed by atoms with E-state index in [1.807, 2.05) is 20.8 Å². The van der Waals surface area contributed by atoms with Crippen LogP contribution in [-0.2, 0) is 0 Å². The van der Waals surface area contributed by atoms with Crippen LogP contribution in [0.1, 0.15) is 27.7 Å². The monoisotopic (exact) mass is 156 g/mol. The molecular weight excluding hydrogens is 140 g/mol. The van der Waals surface area contributed by atoms with Crippen LogP contribution in [0.4, 0.5) is 0 Å². The molecule has 0 heterocycles. The largest absolute Gasteiger partial charge is 0.392 e. The second-order valence-electron chi connectivity index (χ2n) is 3.93. The Kier molecular flexibility index (Phi) is 3.10. The second kappa shape index (κ2) is 3.25. The van der Waals surface area contributed by atoms with Crippen molar-refractivity contribution >= 4 is 0 Å². The quantitative estimate of drug-likeness (QED) is 0.551. The van der Waals surface area contributed by atoms with Crippen molar-refractivity contribution in [2.75, 3.05) is 6.61 Å². The van der Waals surface area contributed by atoms with Crippen LogP contribution >= 0.6 is 0 Å². The molecule has 64 valence electrons. The van der Waals surface area contributed by atoms with Gasteiger partial charge in [0.2, 0.25) is 0 Å². The Bertz CT molecular complexity index is 176. The van der Waals surface area contributed by atoms with Crippen molar-refractivity contribution in [2.24, 2.45) is 5.41 Å². The van der Waals surface area contributed by atoms with E-state index in [-0.39, 0.29) is 12.0 Å². The highest BCUT2D eigenvalue weighted by Gasteiger charge is 2.15. The fourth-order valence-electron chi connectivity index (χ4n) is 0.362. The fourth-order valence-corrected chi connectivity index (χ4v) is 0.362. The minimum atomic E-state index is -1.26. The first-order chi connectivity index (χ1) is 4.77. The van der Waals surface area contributed by atoms with Crippen LogP contribution in [0.3, 0.4) is 0 Å². The Labute approximate surface area is 68.2 Å². The van der Waals surface area contributed by atoms with Crippen molar-refractivity contribution in [3.05, 3.63) is 0 Å². The van der Waals surface area contributed by atoms with Gasteiger partial charge in [0.05, 0.1) is 6.61 Å². The molecule has 0 radical (unpaired) electrons. The predicted octanol–water partition coefficient (Wildman–Crippen LogP) is 0.779. The van der Waals surface area contributed by atoms with E-state index in [9.17, 15) is 5.11 Å². The average molecular weight is 156 g/mol. The Balaban J connectivity index is 4.29. The van der Waals surface area contributed by atoms with E-state index in [1.54, 1.807) is 0 Å². The van der Waals surface area contributed by atoms with Gasteiger partial charge in [-0.3, -0.25) is 0 Å². The zero-order valence-electron chi connectivity index (χ0n) is 7.60. The Morgan fingerprint density at radius 3 is 1.82 bits per heavy atom. The molecule has 2 nitrogen and oxygen atoms in total. The lowest BCUT2D eigenvalue weighted by Gasteiger charge is -2.14. The minimum Gasteiger partial charge on any atom is -0.392 e. The summed E-state index contributed by atoms with van der Waals surface area (Å²) >= 11 is 0. The maximum absolute atomic E-state index is 9.26. The van der Waals surface area contributed by atoms with E-state index in [0.29, 0.717) is 0 Å². The third kappa shape index (κ3) is 5.90. The summed E-state index contributed by atoms with van der Waals surface area (Å²) in [4.78, 5) is 0. The summed E-state index contributed by atoms with van der Waals surface area (Å²) < 4.78 is 0. The zero-order chi connectivity index (χ0) is 9.12. The molecule has 0 aliphatic carbocycles. The molecule has 0 spiro atoms. The van der Waals surface area contributed by atoms with Gasteiger partial charge in [0.15, 0.2) is 0 Å². The first-order valence-corrected chi connectivity index (χ1v) is 3.64. The molecule has 0 aromatic heterocycles. The van der Waals surface area contributed by atoms with Crippen LogP contribution in [0.5, 0.6) is 0 Å². The van der Waals surface area contributed by atoms with E-state index in [0.717, 1.165) is 0 Å². The van der Waals surface area contributed by atoms with Gasteiger partial charge >= 0.3 is 0 Å². The van der Waals surface area contributed by atoms with E-state index in [1.165, 1.54) is 6.92 Å². The molecule has 2 heteroatoms. The predicted molar refractivity (Wildman–Crippen MR) is 44.9 cm³/mol. The van der Waals surface area contributed by atoms with Gasteiger partial charge in [-0.05, 0) is 27.7 Å². The lowest BCUT2D eigenvalue weighted by molar-refractivity contribution is 0.0516. The minimum absolute atomic E-state index is 0.126. The zero-order valence-corrected chi connectivity index (χ0v) is 7.60. The normalized spacial score (nSPS) is 16.5. The van der Waals surface area contributed by atoms with Gasteiger partial charge in [-0.15, -0.1) is 0 Å². The molecule has 0 bridgehead atoms. The maximum atomic E-state index is 9.26. The van der Waals surface area contributed by atoms with E-state index >= 15 is 0 Å². The van der Waals surface area contributed by atoms with Gasteiger partial charge in [0.1, 0.15) is 5.60 Å². The summed E-state index contributed by atoms with van der Waals surface area (Å²) in [6.07, 6.45) is 0. The van der Waals surface area contributed by atoms with Crippen LogP contribution in [0, 0.1) is 17.3 Å². The smallest absolute Gasteiger partial charge is 0.145 e. The van der Waals surface area contributed by atoms with Gasteiger partial charge in [-0.2, -0.15) is 0 Å². The van der Waals surface area contributed by atoms with Gasteiger partial charge < -0.3 is 10.2 Å². The summed E-state index contributed by atoms with van der Waals surface area (Å²) in [7, 11) is 0. The number of aliphatic hydroxyl groups is 2. The Morgan fingerprint density at radius 1 is 1.09 bits per heavy atom. The van der Waals surface area contributed by atoms with Gasteiger partial charge in [-0.1, -0.05) is 11.8 Å². The van der Waals surface area contributed by atoms with E-state index < -0.39 is 5.60 Å². The highest BCUT2D eigenvalue weighted by atomic mass is 16.3. The summed E-state index contributed by atoms with van der Waals surface area (Å²) in [5.41, 5.74) is -1.38. The first-order valence-electron chi connectivity index (χ1n) is 3.64. The molecule has 0 aliphatic rings. The van der Waals surface area contributed by atoms with Crippen molar-refractivity contribution in [1.82, 2.24) is 0 Å². The van der Waals surface area contributed by atoms with E-state index in [2.05, 4.69) is 11.8 Å². The molecule has 0 aromatic carbocycles. The fraction of sp³-hybridized carbons (Fsp3) is 0.778. The van der Waals surface area contributed by atoms with Crippen LogP contribution in [0.2, 0.25) is 0 Å². The van der Waals surface area contributed by atoms with Crippen LogP contribution in [0.25, 0.3) is 0 Å². The molecule has 1 unspecified atom stereocenters. The topological polar surface area (TPSA) is 40.5 Å². The Hall–Kier alpha value is -0.520. The molecule has 11 heavy (non-hydrogen) atoms. The first kappa shape index (κ1) is 10.5. The summed E-state index contributed by atoms with van der Waals surface area (Å²) in [6, 6.07) is 0. The standard InChI is InChI=1S/C9H16O2/c1-8(2,3)5-6-9(4,11)7-10/h10-11H,7H2,1-4H3. The van der Waals surface area contributed by atoms with Crippen LogP contribution in [-0.4, -0.2) is 22.4 Å². The average Bonchev–Trinajstić information content (AvgIpc) is 1.83.